The van der Waals surface area contributed by atoms with Crippen molar-refractivity contribution in [3.63, 3.8) is 0 Å². The highest BCUT2D eigenvalue weighted by Crippen LogP contribution is 2.49. The van der Waals surface area contributed by atoms with Crippen LogP contribution in [0.1, 0.15) is 34.3 Å². The largest absolute Gasteiger partial charge is 0.317 e. The molecule has 0 N–H and O–H groups in total. The summed E-state index contributed by atoms with van der Waals surface area (Å²) in [7, 11) is 9.71. The number of nitrogens with zero attached hydrogens (tertiary/aromatic N) is 2. The summed E-state index contributed by atoms with van der Waals surface area (Å²) in [5, 5.41) is 0. The highest BCUT2D eigenvalue weighted by atomic mass is 15.4. The fraction of sp³-hybridized carbons (Fsp3) is 0.455. The highest BCUT2D eigenvalue weighted by Gasteiger charge is 2.51. The van der Waals surface area contributed by atoms with E-state index >= 15 is 0 Å². The Kier molecular flexibility index (Phi) is 3.59. The molecule has 0 saturated heterocycles. The molecule has 2 aliphatic heterocycles. The van der Waals surface area contributed by atoms with E-state index in [0.29, 0.717) is 12.1 Å². The van der Waals surface area contributed by atoms with E-state index in [4.69, 9.17) is 0 Å². The second-order valence-electron chi connectivity index (χ2n) is 8.79. The molecule has 0 bridgehead atoms. The molecule has 0 amide bonds. The minimum Gasteiger partial charge on any atom is -0.317 e. The molecule has 2 heterocycles. The van der Waals surface area contributed by atoms with Crippen LogP contribution >= 0.6 is 0 Å². The van der Waals surface area contributed by atoms with Crippen molar-refractivity contribution in [3.05, 3.63) is 70.8 Å². The Morgan fingerprint density at radius 1 is 0.625 bits per heavy atom. The van der Waals surface area contributed by atoms with Gasteiger partial charge in [0.05, 0.1) is 41.3 Å². The SMILES string of the molecule is C[N+]1(C)CCc2ccccc2[C@@H]1[C@H]1c2ccccc2CC[N+]1(C)C. The zero-order chi connectivity index (χ0) is 16.9. The first-order valence-electron chi connectivity index (χ1n) is 9.21. The lowest BCUT2D eigenvalue weighted by atomic mass is 9.79. The summed E-state index contributed by atoms with van der Waals surface area (Å²) in [4.78, 5) is 0. The van der Waals surface area contributed by atoms with Crippen LogP contribution in [0.4, 0.5) is 0 Å². The Labute approximate surface area is 146 Å². The monoisotopic (exact) mass is 322 g/mol. The molecule has 2 heteroatoms. The molecular weight excluding hydrogens is 292 g/mol. The van der Waals surface area contributed by atoms with E-state index < -0.39 is 0 Å². The van der Waals surface area contributed by atoms with E-state index in [1.165, 1.54) is 25.9 Å². The van der Waals surface area contributed by atoms with Gasteiger partial charge in [-0.05, 0) is 11.1 Å². The number of hydrogen-bond acceptors (Lipinski definition) is 0. The van der Waals surface area contributed by atoms with Gasteiger partial charge in [0.2, 0.25) is 0 Å². The third-order valence-electron chi connectivity index (χ3n) is 6.47. The van der Waals surface area contributed by atoms with Gasteiger partial charge in [-0.1, -0.05) is 48.5 Å². The summed E-state index contributed by atoms with van der Waals surface area (Å²) in [6.07, 6.45) is 2.39. The standard InChI is InChI=1S/C22H30N2/c1-23(2)15-13-17-9-5-7-11-19(17)21(23)22-20-12-8-6-10-18(20)14-16-24(22,3)4/h5-12,21-22H,13-16H2,1-4H3/q+2/t21-,22-/m1/s1. The van der Waals surface area contributed by atoms with Crippen molar-refractivity contribution in [1.82, 2.24) is 0 Å². The number of rotatable bonds is 1. The lowest BCUT2D eigenvalue weighted by molar-refractivity contribution is -0.994. The average Bonchev–Trinajstić information content (AvgIpc) is 2.55. The van der Waals surface area contributed by atoms with Gasteiger partial charge in [-0.25, -0.2) is 0 Å². The molecule has 0 spiro atoms. The van der Waals surface area contributed by atoms with E-state index in [9.17, 15) is 0 Å². The van der Waals surface area contributed by atoms with Crippen LogP contribution in [0.2, 0.25) is 0 Å². The molecule has 2 atom stereocenters. The molecule has 0 radical (unpaired) electrons. The van der Waals surface area contributed by atoms with Gasteiger partial charge in [-0.15, -0.1) is 0 Å². The normalized spacial score (nSPS) is 27.2. The van der Waals surface area contributed by atoms with Crippen LogP contribution in [-0.2, 0) is 12.8 Å². The summed E-state index contributed by atoms with van der Waals surface area (Å²) in [6, 6.07) is 19.4. The van der Waals surface area contributed by atoms with E-state index in [1.54, 1.807) is 22.3 Å². The molecule has 0 aromatic heterocycles. The molecule has 126 valence electrons. The summed E-state index contributed by atoms with van der Waals surface area (Å²) in [5.74, 6) is 0. The molecule has 2 aliphatic rings. The van der Waals surface area contributed by atoms with Crippen LogP contribution in [0, 0.1) is 0 Å². The van der Waals surface area contributed by atoms with Crippen molar-refractivity contribution < 1.29 is 8.97 Å². The first-order chi connectivity index (χ1) is 11.4. The maximum Gasteiger partial charge on any atom is 0.172 e. The minimum absolute atomic E-state index is 0.520. The van der Waals surface area contributed by atoms with E-state index in [1.807, 2.05) is 0 Å². The number of fused-ring (bicyclic) bond motifs is 2. The van der Waals surface area contributed by atoms with Gasteiger partial charge in [-0.3, -0.25) is 0 Å². The summed E-state index contributed by atoms with van der Waals surface area (Å²) in [5.41, 5.74) is 6.26. The van der Waals surface area contributed by atoms with E-state index in [-0.39, 0.29) is 0 Å². The summed E-state index contributed by atoms with van der Waals surface area (Å²) in [6.45, 7) is 2.45. The van der Waals surface area contributed by atoms with Crippen LogP contribution < -0.4 is 0 Å². The minimum atomic E-state index is 0.520. The number of likely N-dealkylation sites (N-methyl/N-ethyl adjacent to an activating group) is 2. The van der Waals surface area contributed by atoms with Crippen LogP contribution in [0.25, 0.3) is 0 Å². The Balaban J connectivity index is 1.93. The predicted octanol–water partition coefficient (Wildman–Crippen LogP) is 3.73. The van der Waals surface area contributed by atoms with Gasteiger partial charge in [-0.2, -0.15) is 0 Å². The van der Waals surface area contributed by atoms with Gasteiger partial charge in [0.1, 0.15) is 0 Å². The Morgan fingerprint density at radius 2 is 1.00 bits per heavy atom. The Bertz CT molecular complexity index is 695. The van der Waals surface area contributed by atoms with Crippen LogP contribution in [0.5, 0.6) is 0 Å². The van der Waals surface area contributed by atoms with Crippen molar-refractivity contribution in [2.24, 2.45) is 0 Å². The predicted molar refractivity (Wildman–Crippen MR) is 99.7 cm³/mol. The molecule has 2 aromatic carbocycles. The number of quaternary nitrogens is 2. The van der Waals surface area contributed by atoms with Crippen molar-refractivity contribution in [1.29, 1.82) is 0 Å². The fourth-order valence-electron chi connectivity index (χ4n) is 5.05. The van der Waals surface area contributed by atoms with Crippen LogP contribution in [0.15, 0.2) is 48.5 Å². The first-order valence-corrected chi connectivity index (χ1v) is 9.21. The summed E-state index contributed by atoms with van der Waals surface area (Å²) < 4.78 is 2.16. The first kappa shape index (κ1) is 15.9. The quantitative estimate of drug-likeness (QED) is 0.702. The number of benzene rings is 2. The van der Waals surface area contributed by atoms with Gasteiger partial charge in [0, 0.05) is 24.0 Å². The number of hydrogen-bond donors (Lipinski definition) is 0. The lowest BCUT2D eigenvalue weighted by Gasteiger charge is -2.52. The zero-order valence-electron chi connectivity index (χ0n) is 15.5. The molecule has 0 saturated carbocycles. The molecule has 0 unspecified atom stereocenters. The van der Waals surface area contributed by atoms with Crippen molar-refractivity contribution in [3.8, 4) is 0 Å². The van der Waals surface area contributed by atoms with Gasteiger partial charge < -0.3 is 8.97 Å². The second kappa shape index (κ2) is 5.44. The highest BCUT2D eigenvalue weighted by molar-refractivity contribution is 5.37. The van der Waals surface area contributed by atoms with Crippen molar-refractivity contribution in [2.75, 3.05) is 41.3 Å². The summed E-state index contributed by atoms with van der Waals surface area (Å²) >= 11 is 0. The Hall–Kier alpha value is -1.64. The zero-order valence-corrected chi connectivity index (χ0v) is 15.5. The van der Waals surface area contributed by atoms with Crippen molar-refractivity contribution >= 4 is 0 Å². The fourth-order valence-corrected chi connectivity index (χ4v) is 5.05. The van der Waals surface area contributed by atoms with Gasteiger partial charge in [0.15, 0.2) is 12.1 Å². The molecule has 4 rings (SSSR count). The van der Waals surface area contributed by atoms with Gasteiger partial charge in [0.25, 0.3) is 0 Å². The molecule has 2 nitrogen and oxygen atoms in total. The van der Waals surface area contributed by atoms with Crippen LogP contribution in [-0.4, -0.2) is 50.2 Å². The molecule has 0 aliphatic carbocycles. The van der Waals surface area contributed by atoms with Crippen LogP contribution in [0.3, 0.4) is 0 Å². The molecular formula is C22H30N2+2. The van der Waals surface area contributed by atoms with E-state index in [2.05, 4.69) is 76.7 Å². The van der Waals surface area contributed by atoms with E-state index in [0.717, 1.165) is 8.97 Å². The third kappa shape index (κ3) is 2.40. The van der Waals surface area contributed by atoms with Crippen molar-refractivity contribution in [2.45, 2.75) is 24.9 Å². The van der Waals surface area contributed by atoms with Gasteiger partial charge >= 0.3 is 0 Å². The topological polar surface area (TPSA) is 0 Å². The third-order valence-corrected chi connectivity index (χ3v) is 6.47. The molecule has 24 heavy (non-hydrogen) atoms. The molecule has 0 fully saturated rings. The maximum absolute atomic E-state index is 2.43. The smallest absolute Gasteiger partial charge is 0.172 e. The molecule has 2 aromatic rings. The average molecular weight is 322 g/mol. The second-order valence-corrected chi connectivity index (χ2v) is 8.79. The Morgan fingerprint density at radius 3 is 1.42 bits per heavy atom. The maximum atomic E-state index is 2.43. The lowest BCUT2D eigenvalue weighted by Crippen LogP contribution is -2.58.